The van der Waals surface area contributed by atoms with Crippen LogP contribution in [0.4, 0.5) is 5.69 Å². The topological polar surface area (TPSA) is 75.6 Å². The molecule has 0 spiro atoms. The van der Waals surface area contributed by atoms with Crippen LogP contribution < -0.4 is 16.4 Å². The zero-order valence-electron chi connectivity index (χ0n) is 10.5. The number of rotatable bonds is 4. The maximum absolute atomic E-state index is 11.0. The van der Waals surface area contributed by atoms with Crippen LogP contribution >= 0.6 is 0 Å². The van der Waals surface area contributed by atoms with Gasteiger partial charge in [-0.05, 0) is 24.3 Å². The molecular formula is C13H20N4O. The molecule has 1 saturated heterocycles. The van der Waals surface area contributed by atoms with E-state index in [0.717, 1.165) is 38.4 Å². The second-order valence-electron chi connectivity index (χ2n) is 4.53. The van der Waals surface area contributed by atoms with Gasteiger partial charge in [-0.3, -0.25) is 9.69 Å². The second-order valence-corrected chi connectivity index (χ2v) is 4.53. The molecule has 0 bridgehead atoms. The van der Waals surface area contributed by atoms with Gasteiger partial charge in [0.1, 0.15) is 0 Å². The smallest absolute Gasteiger partial charge is 0.248 e. The van der Waals surface area contributed by atoms with Crippen LogP contribution in [0, 0.1) is 0 Å². The van der Waals surface area contributed by atoms with Crippen LogP contribution in [0.15, 0.2) is 24.3 Å². The molecule has 1 aromatic carbocycles. The standard InChI is InChI=1S/C13H20N4O/c14-5-6-16-7-9-17(10-8-16)12-3-1-11(2-4-12)13(15)18/h1-4H,5-10,14H2,(H2,15,18). The summed E-state index contributed by atoms with van der Waals surface area (Å²) in [5.41, 5.74) is 12.5. The zero-order valence-corrected chi connectivity index (χ0v) is 10.5. The largest absolute Gasteiger partial charge is 0.369 e. The van der Waals surface area contributed by atoms with Crippen molar-refractivity contribution in [2.45, 2.75) is 0 Å². The Bertz CT molecular complexity index is 396. The first-order valence-electron chi connectivity index (χ1n) is 6.28. The van der Waals surface area contributed by atoms with Crippen molar-refractivity contribution < 1.29 is 4.79 Å². The van der Waals surface area contributed by atoms with Gasteiger partial charge >= 0.3 is 0 Å². The number of carbonyl (C=O) groups excluding carboxylic acids is 1. The van der Waals surface area contributed by atoms with E-state index in [9.17, 15) is 4.79 Å². The molecule has 0 unspecified atom stereocenters. The van der Waals surface area contributed by atoms with Gasteiger partial charge in [0.05, 0.1) is 0 Å². The molecule has 0 aromatic heterocycles. The second kappa shape index (κ2) is 5.84. The minimum atomic E-state index is -0.380. The maximum Gasteiger partial charge on any atom is 0.248 e. The van der Waals surface area contributed by atoms with Gasteiger partial charge in [0.15, 0.2) is 0 Å². The number of amides is 1. The SMILES string of the molecule is NCCN1CCN(c2ccc(C(N)=O)cc2)CC1. The molecule has 18 heavy (non-hydrogen) atoms. The highest BCUT2D eigenvalue weighted by Crippen LogP contribution is 2.17. The van der Waals surface area contributed by atoms with E-state index in [1.165, 1.54) is 0 Å². The summed E-state index contributed by atoms with van der Waals surface area (Å²) in [7, 11) is 0. The van der Waals surface area contributed by atoms with E-state index in [1.54, 1.807) is 12.1 Å². The summed E-state index contributed by atoms with van der Waals surface area (Å²) in [5, 5.41) is 0. The third-order valence-electron chi connectivity index (χ3n) is 3.33. The minimum Gasteiger partial charge on any atom is -0.369 e. The lowest BCUT2D eigenvalue weighted by molar-refractivity contribution is 0.100. The van der Waals surface area contributed by atoms with Crippen molar-refractivity contribution in [2.24, 2.45) is 11.5 Å². The van der Waals surface area contributed by atoms with E-state index in [2.05, 4.69) is 9.80 Å². The molecule has 1 heterocycles. The Hall–Kier alpha value is -1.59. The average molecular weight is 248 g/mol. The van der Waals surface area contributed by atoms with E-state index in [0.29, 0.717) is 12.1 Å². The number of carbonyl (C=O) groups is 1. The van der Waals surface area contributed by atoms with Crippen LogP contribution in [-0.4, -0.2) is 50.1 Å². The molecule has 0 aliphatic carbocycles. The van der Waals surface area contributed by atoms with Crippen molar-refractivity contribution in [2.75, 3.05) is 44.2 Å². The normalized spacial score (nSPS) is 16.8. The number of nitrogens with two attached hydrogens (primary N) is 2. The fraction of sp³-hybridized carbons (Fsp3) is 0.462. The molecule has 1 aliphatic rings. The van der Waals surface area contributed by atoms with Gasteiger partial charge in [0.25, 0.3) is 0 Å². The third kappa shape index (κ3) is 3.00. The number of benzene rings is 1. The highest BCUT2D eigenvalue weighted by atomic mass is 16.1. The van der Waals surface area contributed by atoms with E-state index in [-0.39, 0.29) is 5.91 Å². The maximum atomic E-state index is 11.0. The third-order valence-corrected chi connectivity index (χ3v) is 3.33. The van der Waals surface area contributed by atoms with Crippen molar-refractivity contribution in [1.29, 1.82) is 0 Å². The monoisotopic (exact) mass is 248 g/mol. The average Bonchev–Trinajstić information content (AvgIpc) is 2.40. The van der Waals surface area contributed by atoms with Gasteiger partial charge in [-0.25, -0.2) is 0 Å². The van der Waals surface area contributed by atoms with E-state index < -0.39 is 0 Å². The number of nitrogens with zero attached hydrogens (tertiary/aromatic N) is 2. The molecule has 0 atom stereocenters. The number of hydrogen-bond acceptors (Lipinski definition) is 4. The summed E-state index contributed by atoms with van der Waals surface area (Å²) in [4.78, 5) is 15.7. The minimum absolute atomic E-state index is 0.380. The molecule has 0 saturated carbocycles. The molecule has 2 rings (SSSR count). The molecule has 1 fully saturated rings. The van der Waals surface area contributed by atoms with Crippen LogP contribution in [0.25, 0.3) is 0 Å². The molecule has 1 amide bonds. The lowest BCUT2D eigenvalue weighted by Crippen LogP contribution is -2.47. The van der Waals surface area contributed by atoms with Crippen LogP contribution in [0.2, 0.25) is 0 Å². The fourth-order valence-electron chi connectivity index (χ4n) is 2.25. The lowest BCUT2D eigenvalue weighted by atomic mass is 10.1. The highest BCUT2D eigenvalue weighted by Gasteiger charge is 2.16. The van der Waals surface area contributed by atoms with E-state index >= 15 is 0 Å². The van der Waals surface area contributed by atoms with Crippen LogP contribution in [-0.2, 0) is 0 Å². The Balaban J connectivity index is 1.95. The summed E-state index contributed by atoms with van der Waals surface area (Å²) in [6.07, 6.45) is 0. The first kappa shape index (κ1) is 12.9. The van der Waals surface area contributed by atoms with Gasteiger partial charge < -0.3 is 16.4 Å². The van der Waals surface area contributed by atoms with Gasteiger partial charge in [0, 0.05) is 50.5 Å². The molecule has 0 radical (unpaired) electrons. The van der Waals surface area contributed by atoms with Gasteiger partial charge in [-0.2, -0.15) is 0 Å². The Morgan fingerprint density at radius 2 is 1.72 bits per heavy atom. The molecule has 5 nitrogen and oxygen atoms in total. The van der Waals surface area contributed by atoms with Crippen molar-refractivity contribution >= 4 is 11.6 Å². The predicted octanol–water partition coefficient (Wildman–Crippen LogP) is -0.134. The summed E-state index contributed by atoms with van der Waals surface area (Å²) in [6, 6.07) is 7.48. The Morgan fingerprint density at radius 3 is 2.22 bits per heavy atom. The fourth-order valence-corrected chi connectivity index (χ4v) is 2.25. The summed E-state index contributed by atoms with van der Waals surface area (Å²) in [5.74, 6) is -0.380. The molecule has 4 N–H and O–H groups in total. The molecule has 1 aromatic rings. The molecule has 5 heteroatoms. The summed E-state index contributed by atoms with van der Waals surface area (Å²) >= 11 is 0. The highest BCUT2D eigenvalue weighted by molar-refractivity contribution is 5.93. The lowest BCUT2D eigenvalue weighted by Gasteiger charge is -2.35. The van der Waals surface area contributed by atoms with Gasteiger partial charge in [-0.1, -0.05) is 0 Å². The molecular weight excluding hydrogens is 228 g/mol. The first-order chi connectivity index (χ1) is 8.70. The number of primary amides is 1. The zero-order chi connectivity index (χ0) is 13.0. The van der Waals surface area contributed by atoms with Crippen molar-refractivity contribution in [3.8, 4) is 0 Å². The van der Waals surface area contributed by atoms with Crippen LogP contribution in [0.1, 0.15) is 10.4 Å². The Morgan fingerprint density at radius 1 is 1.11 bits per heavy atom. The first-order valence-corrected chi connectivity index (χ1v) is 6.28. The van der Waals surface area contributed by atoms with Crippen LogP contribution in [0.5, 0.6) is 0 Å². The number of hydrogen-bond donors (Lipinski definition) is 2. The van der Waals surface area contributed by atoms with Crippen molar-refractivity contribution in [3.05, 3.63) is 29.8 Å². The molecule has 98 valence electrons. The van der Waals surface area contributed by atoms with E-state index in [4.69, 9.17) is 11.5 Å². The number of anilines is 1. The summed E-state index contributed by atoms with van der Waals surface area (Å²) in [6.45, 7) is 5.75. The van der Waals surface area contributed by atoms with E-state index in [1.807, 2.05) is 12.1 Å². The number of piperazine rings is 1. The quantitative estimate of drug-likeness (QED) is 0.778. The molecule has 1 aliphatic heterocycles. The predicted molar refractivity (Wildman–Crippen MR) is 72.7 cm³/mol. The summed E-state index contributed by atoms with van der Waals surface area (Å²) < 4.78 is 0. The van der Waals surface area contributed by atoms with Gasteiger partial charge in [-0.15, -0.1) is 0 Å². The van der Waals surface area contributed by atoms with Crippen LogP contribution in [0.3, 0.4) is 0 Å². The Labute approximate surface area is 107 Å². The van der Waals surface area contributed by atoms with Crippen molar-refractivity contribution in [3.63, 3.8) is 0 Å². The Kier molecular flexibility index (Phi) is 4.17. The van der Waals surface area contributed by atoms with Gasteiger partial charge in [0.2, 0.25) is 5.91 Å². The van der Waals surface area contributed by atoms with Crippen molar-refractivity contribution in [1.82, 2.24) is 4.90 Å².